The lowest BCUT2D eigenvalue weighted by molar-refractivity contribution is -0.141. The van der Waals surface area contributed by atoms with Crippen molar-refractivity contribution in [3.63, 3.8) is 0 Å². The van der Waals surface area contributed by atoms with Crippen molar-refractivity contribution in [3.8, 4) is 0 Å². The Morgan fingerprint density at radius 3 is 3.00 bits per heavy atom. The summed E-state index contributed by atoms with van der Waals surface area (Å²) in [4.78, 5) is 15.1. The summed E-state index contributed by atoms with van der Waals surface area (Å²) >= 11 is 0. The zero-order valence-corrected chi connectivity index (χ0v) is 9.99. The van der Waals surface area contributed by atoms with Crippen molar-refractivity contribution < 1.29 is 9.53 Å². The summed E-state index contributed by atoms with van der Waals surface area (Å²) in [5, 5.41) is 3.26. The zero-order chi connectivity index (χ0) is 12.0. The number of pyridine rings is 1. The molecule has 0 saturated carbocycles. The fraction of sp³-hybridized carbons (Fsp3) is 0.500. The van der Waals surface area contributed by atoms with Crippen LogP contribution < -0.4 is 5.32 Å². The number of methoxy groups -OCH3 is 1. The van der Waals surface area contributed by atoms with E-state index in [4.69, 9.17) is 0 Å². The van der Waals surface area contributed by atoms with Crippen LogP contribution in [0, 0.1) is 6.92 Å². The van der Waals surface area contributed by atoms with Gasteiger partial charge in [0.25, 0.3) is 0 Å². The molecule has 1 aromatic heterocycles. The molecule has 0 radical (unpaired) electrons. The van der Waals surface area contributed by atoms with E-state index in [0.717, 1.165) is 12.1 Å². The van der Waals surface area contributed by atoms with Gasteiger partial charge in [-0.15, -0.1) is 0 Å². The fourth-order valence-corrected chi connectivity index (χ4v) is 1.37. The summed E-state index contributed by atoms with van der Waals surface area (Å²) < 4.78 is 4.61. The van der Waals surface area contributed by atoms with E-state index in [2.05, 4.69) is 15.0 Å². The number of hydrogen-bond donors (Lipinski definition) is 1. The second-order valence-corrected chi connectivity index (χ2v) is 3.86. The molecule has 0 amide bonds. The molecule has 1 heterocycles. The van der Waals surface area contributed by atoms with Crippen molar-refractivity contribution >= 4 is 5.97 Å². The normalized spacial score (nSPS) is 12.2. The van der Waals surface area contributed by atoms with Gasteiger partial charge in [-0.3, -0.25) is 9.78 Å². The van der Waals surface area contributed by atoms with E-state index in [9.17, 15) is 4.79 Å². The van der Waals surface area contributed by atoms with Crippen molar-refractivity contribution in [2.75, 3.05) is 7.11 Å². The Morgan fingerprint density at radius 1 is 1.62 bits per heavy atom. The van der Waals surface area contributed by atoms with E-state index in [1.807, 2.05) is 26.1 Å². The van der Waals surface area contributed by atoms with Crippen molar-refractivity contribution in [1.29, 1.82) is 0 Å². The lowest BCUT2D eigenvalue weighted by Gasteiger charge is -2.13. The molecule has 4 nitrogen and oxygen atoms in total. The van der Waals surface area contributed by atoms with E-state index in [1.54, 1.807) is 6.20 Å². The van der Waals surface area contributed by atoms with Crippen LogP contribution in [0.5, 0.6) is 0 Å². The number of nitrogens with one attached hydrogen (secondary N) is 1. The van der Waals surface area contributed by atoms with Crippen LogP contribution in [0.2, 0.25) is 0 Å². The Bertz CT molecular complexity index is 353. The first-order valence-corrected chi connectivity index (χ1v) is 5.33. The van der Waals surface area contributed by atoms with E-state index in [0.29, 0.717) is 6.42 Å². The van der Waals surface area contributed by atoms with Crippen LogP contribution in [0.25, 0.3) is 0 Å². The Balaban J connectivity index is 2.40. The number of nitrogens with zero attached hydrogens (tertiary/aromatic N) is 1. The second-order valence-electron chi connectivity index (χ2n) is 3.86. The van der Waals surface area contributed by atoms with Crippen LogP contribution in [0.4, 0.5) is 0 Å². The highest BCUT2D eigenvalue weighted by atomic mass is 16.5. The van der Waals surface area contributed by atoms with Crippen molar-refractivity contribution in [1.82, 2.24) is 10.3 Å². The van der Waals surface area contributed by atoms with Crippen LogP contribution >= 0.6 is 0 Å². The summed E-state index contributed by atoms with van der Waals surface area (Å²) in [5.74, 6) is -0.192. The Kier molecular flexibility index (Phi) is 4.92. The minimum atomic E-state index is -0.192. The van der Waals surface area contributed by atoms with Crippen LogP contribution in [0.3, 0.4) is 0 Å². The lowest BCUT2D eigenvalue weighted by atomic mass is 10.1. The number of ether oxygens (including phenoxy) is 1. The number of rotatable bonds is 5. The lowest BCUT2D eigenvalue weighted by Crippen LogP contribution is -2.28. The van der Waals surface area contributed by atoms with Gasteiger partial charge in [0.1, 0.15) is 0 Å². The maximum absolute atomic E-state index is 11.0. The molecule has 0 aliphatic heterocycles. The average molecular weight is 222 g/mol. The number of aromatic nitrogens is 1. The molecule has 88 valence electrons. The highest BCUT2D eigenvalue weighted by Crippen LogP contribution is 2.05. The van der Waals surface area contributed by atoms with Crippen LogP contribution in [-0.2, 0) is 16.1 Å². The topological polar surface area (TPSA) is 51.2 Å². The Morgan fingerprint density at radius 2 is 2.38 bits per heavy atom. The third-order valence-electron chi connectivity index (χ3n) is 2.49. The molecule has 4 heteroatoms. The summed E-state index contributed by atoms with van der Waals surface area (Å²) in [6.07, 6.45) is 4.00. The predicted molar refractivity (Wildman–Crippen MR) is 61.9 cm³/mol. The molecule has 1 rings (SSSR count). The minimum Gasteiger partial charge on any atom is -0.469 e. The Labute approximate surface area is 96.0 Å². The number of carbonyl (C=O) groups is 1. The molecule has 0 saturated heterocycles. The summed E-state index contributed by atoms with van der Waals surface area (Å²) in [6, 6.07) is 2.08. The van der Waals surface area contributed by atoms with Gasteiger partial charge >= 0.3 is 5.97 Å². The highest BCUT2D eigenvalue weighted by molar-refractivity contribution is 5.69. The molecular formula is C12H18N2O2. The van der Waals surface area contributed by atoms with Gasteiger partial charge in [-0.25, -0.2) is 0 Å². The molecule has 0 aliphatic rings. The molecule has 0 aromatic carbocycles. The average Bonchev–Trinajstić information content (AvgIpc) is 2.28. The molecule has 1 aromatic rings. The van der Waals surface area contributed by atoms with Gasteiger partial charge in [-0.2, -0.15) is 0 Å². The van der Waals surface area contributed by atoms with Crippen molar-refractivity contribution in [2.45, 2.75) is 32.9 Å². The van der Waals surface area contributed by atoms with Crippen LogP contribution in [-0.4, -0.2) is 24.1 Å². The third kappa shape index (κ3) is 3.98. The maximum atomic E-state index is 11.0. The molecule has 1 unspecified atom stereocenters. The molecule has 0 aliphatic carbocycles. The van der Waals surface area contributed by atoms with Gasteiger partial charge in [0.05, 0.1) is 13.5 Å². The number of aryl methyl sites for hydroxylation is 1. The first kappa shape index (κ1) is 12.6. The summed E-state index contributed by atoms with van der Waals surface area (Å²) in [7, 11) is 1.40. The van der Waals surface area contributed by atoms with Gasteiger partial charge in [0.2, 0.25) is 0 Å². The summed E-state index contributed by atoms with van der Waals surface area (Å²) in [5.41, 5.74) is 2.35. The van der Waals surface area contributed by atoms with Crippen LogP contribution in [0.15, 0.2) is 18.5 Å². The smallest absolute Gasteiger partial charge is 0.307 e. The first-order chi connectivity index (χ1) is 7.63. The predicted octanol–water partition coefficient (Wildman–Crippen LogP) is 1.43. The largest absolute Gasteiger partial charge is 0.469 e. The third-order valence-corrected chi connectivity index (χ3v) is 2.49. The van der Waals surface area contributed by atoms with Gasteiger partial charge in [0, 0.05) is 25.0 Å². The number of hydrogen-bond acceptors (Lipinski definition) is 4. The first-order valence-electron chi connectivity index (χ1n) is 5.33. The standard InChI is InChI=1S/C12H18N2O2/c1-9-4-5-13-7-11(9)8-14-10(2)6-12(15)16-3/h4-5,7,10,14H,6,8H2,1-3H3. The quantitative estimate of drug-likeness (QED) is 0.766. The molecule has 1 atom stereocenters. The van der Waals surface area contributed by atoms with E-state index in [-0.39, 0.29) is 12.0 Å². The molecule has 1 N–H and O–H groups in total. The van der Waals surface area contributed by atoms with Gasteiger partial charge in [0.15, 0.2) is 0 Å². The maximum Gasteiger partial charge on any atom is 0.307 e. The van der Waals surface area contributed by atoms with Gasteiger partial charge in [-0.1, -0.05) is 0 Å². The van der Waals surface area contributed by atoms with Crippen molar-refractivity contribution in [2.24, 2.45) is 0 Å². The summed E-state index contributed by atoms with van der Waals surface area (Å²) in [6.45, 7) is 4.73. The van der Waals surface area contributed by atoms with E-state index >= 15 is 0 Å². The van der Waals surface area contributed by atoms with Gasteiger partial charge in [-0.05, 0) is 31.0 Å². The number of esters is 1. The molecule has 0 spiro atoms. The highest BCUT2D eigenvalue weighted by Gasteiger charge is 2.08. The monoisotopic (exact) mass is 222 g/mol. The minimum absolute atomic E-state index is 0.104. The van der Waals surface area contributed by atoms with Crippen molar-refractivity contribution in [3.05, 3.63) is 29.6 Å². The molecule has 0 bridgehead atoms. The molecule has 0 fully saturated rings. The van der Waals surface area contributed by atoms with Crippen LogP contribution in [0.1, 0.15) is 24.5 Å². The van der Waals surface area contributed by atoms with E-state index < -0.39 is 0 Å². The fourth-order valence-electron chi connectivity index (χ4n) is 1.37. The van der Waals surface area contributed by atoms with E-state index in [1.165, 1.54) is 12.7 Å². The Hall–Kier alpha value is -1.42. The van der Waals surface area contributed by atoms with Gasteiger partial charge < -0.3 is 10.1 Å². The molecule has 16 heavy (non-hydrogen) atoms. The molecular weight excluding hydrogens is 204 g/mol. The number of carbonyl (C=O) groups excluding carboxylic acids is 1. The zero-order valence-electron chi connectivity index (χ0n) is 9.99. The SMILES string of the molecule is COC(=O)CC(C)NCc1cnccc1C. The second kappa shape index (κ2) is 6.23.